The summed E-state index contributed by atoms with van der Waals surface area (Å²) in [7, 11) is 0. The third-order valence-electron chi connectivity index (χ3n) is 3.71. The van der Waals surface area contributed by atoms with Crippen LogP contribution < -0.4 is 21.7 Å². The first kappa shape index (κ1) is 23.4. The van der Waals surface area contributed by atoms with Gasteiger partial charge in [-0.1, -0.05) is 41.9 Å². The second-order valence-corrected chi connectivity index (χ2v) is 6.42. The Kier molecular flexibility index (Phi) is 8.99. The number of carbonyl (C=O) groups is 5. The standard InChI is InChI=1S/C20H19ClN4O6/c21-15-9-5-4-8-14(15)20(30)25-23-17(27)12-31-18(28)11-10-16(26)22-24-19(29)13-6-2-1-3-7-13/h1-9H,10-12H2,(H,22,26)(H,23,27)(H,24,29)(H,25,30). The zero-order valence-electron chi connectivity index (χ0n) is 16.1. The van der Waals surface area contributed by atoms with E-state index in [0.29, 0.717) is 5.56 Å². The molecule has 0 saturated carbocycles. The Morgan fingerprint density at radius 3 is 2.03 bits per heavy atom. The highest BCUT2D eigenvalue weighted by Gasteiger charge is 2.13. The Balaban J connectivity index is 1.61. The van der Waals surface area contributed by atoms with Crippen LogP contribution in [0.25, 0.3) is 0 Å². The van der Waals surface area contributed by atoms with Crippen molar-refractivity contribution in [1.82, 2.24) is 21.7 Å². The smallest absolute Gasteiger partial charge is 0.306 e. The van der Waals surface area contributed by atoms with Gasteiger partial charge in [-0.2, -0.15) is 0 Å². The monoisotopic (exact) mass is 446 g/mol. The van der Waals surface area contributed by atoms with E-state index < -0.39 is 36.2 Å². The van der Waals surface area contributed by atoms with Crippen molar-refractivity contribution in [3.05, 3.63) is 70.7 Å². The Morgan fingerprint density at radius 1 is 0.710 bits per heavy atom. The van der Waals surface area contributed by atoms with Crippen LogP contribution in [0.2, 0.25) is 5.02 Å². The molecule has 2 rings (SSSR count). The lowest BCUT2D eigenvalue weighted by atomic mass is 10.2. The summed E-state index contributed by atoms with van der Waals surface area (Å²) in [5, 5.41) is 0.207. The maximum Gasteiger partial charge on any atom is 0.306 e. The number of amides is 4. The molecule has 10 nitrogen and oxygen atoms in total. The summed E-state index contributed by atoms with van der Waals surface area (Å²) < 4.78 is 4.72. The van der Waals surface area contributed by atoms with Crippen molar-refractivity contribution >= 4 is 41.2 Å². The van der Waals surface area contributed by atoms with Crippen molar-refractivity contribution < 1.29 is 28.7 Å². The normalized spacial score (nSPS) is 9.84. The number of ether oxygens (including phenoxy) is 1. The molecule has 0 atom stereocenters. The van der Waals surface area contributed by atoms with Crippen LogP contribution in [0, 0.1) is 0 Å². The Morgan fingerprint density at radius 2 is 1.32 bits per heavy atom. The van der Waals surface area contributed by atoms with Gasteiger partial charge in [-0.05, 0) is 24.3 Å². The van der Waals surface area contributed by atoms with Crippen LogP contribution in [0.1, 0.15) is 33.6 Å². The second kappa shape index (κ2) is 11.9. The Labute approximate surface area is 182 Å². The molecule has 0 saturated heterocycles. The highest BCUT2D eigenvalue weighted by Crippen LogP contribution is 2.14. The first-order chi connectivity index (χ1) is 14.9. The van der Waals surface area contributed by atoms with Gasteiger partial charge in [-0.25, -0.2) is 0 Å². The van der Waals surface area contributed by atoms with Crippen LogP contribution in [0.15, 0.2) is 54.6 Å². The molecule has 11 heteroatoms. The topological polar surface area (TPSA) is 143 Å². The van der Waals surface area contributed by atoms with Crippen LogP contribution in [0.5, 0.6) is 0 Å². The molecule has 0 aliphatic rings. The number of hydrogen-bond donors (Lipinski definition) is 4. The lowest BCUT2D eigenvalue weighted by Gasteiger charge is -2.09. The SMILES string of the molecule is O=C(CCC(=O)OCC(=O)NNC(=O)c1ccccc1Cl)NNC(=O)c1ccccc1. The third-order valence-corrected chi connectivity index (χ3v) is 4.04. The number of rotatable bonds is 7. The molecule has 0 spiro atoms. The molecule has 31 heavy (non-hydrogen) atoms. The van der Waals surface area contributed by atoms with Gasteiger partial charge < -0.3 is 4.74 Å². The fourth-order valence-electron chi connectivity index (χ4n) is 2.16. The van der Waals surface area contributed by atoms with Crippen molar-refractivity contribution in [3.63, 3.8) is 0 Å². The van der Waals surface area contributed by atoms with E-state index in [0.717, 1.165) is 0 Å². The molecule has 4 amide bonds. The van der Waals surface area contributed by atoms with E-state index in [4.69, 9.17) is 16.3 Å². The quantitative estimate of drug-likeness (QED) is 0.367. The van der Waals surface area contributed by atoms with Gasteiger partial charge in [0.1, 0.15) is 0 Å². The first-order valence-corrected chi connectivity index (χ1v) is 9.38. The second-order valence-electron chi connectivity index (χ2n) is 6.01. The van der Waals surface area contributed by atoms with E-state index >= 15 is 0 Å². The number of halogens is 1. The summed E-state index contributed by atoms with van der Waals surface area (Å²) in [6, 6.07) is 14.5. The number of benzene rings is 2. The van der Waals surface area contributed by atoms with Gasteiger partial charge in [0.2, 0.25) is 5.91 Å². The van der Waals surface area contributed by atoms with E-state index in [2.05, 4.69) is 21.7 Å². The summed E-state index contributed by atoms with van der Waals surface area (Å²) in [6.07, 6.45) is -0.578. The van der Waals surface area contributed by atoms with E-state index in [1.54, 1.807) is 42.5 Å². The number of hydrogen-bond acceptors (Lipinski definition) is 6. The maximum absolute atomic E-state index is 11.9. The fraction of sp³-hybridized carbons (Fsp3) is 0.150. The van der Waals surface area contributed by atoms with E-state index in [1.165, 1.54) is 12.1 Å². The minimum atomic E-state index is -0.808. The predicted octanol–water partition coefficient (Wildman–Crippen LogP) is 0.886. The van der Waals surface area contributed by atoms with Crippen LogP contribution >= 0.6 is 11.6 Å². The summed E-state index contributed by atoms with van der Waals surface area (Å²) in [6.45, 7) is -0.659. The number of hydrazine groups is 2. The van der Waals surface area contributed by atoms with E-state index in [9.17, 15) is 24.0 Å². The Hall–Kier alpha value is -3.92. The minimum Gasteiger partial charge on any atom is -0.455 e. The van der Waals surface area contributed by atoms with Gasteiger partial charge in [0.25, 0.3) is 17.7 Å². The van der Waals surface area contributed by atoms with Crippen LogP contribution in [-0.2, 0) is 19.1 Å². The lowest BCUT2D eigenvalue weighted by Crippen LogP contribution is -2.43. The summed E-state index contributed by atoms with van der Waals surface area (Å²) >= 11 is 5.87. The van der Waals surface area contributed by atoms with Gasteiger partial charge in [0.15, 0.2) is 6.61 Å². The minimum absolute atomic E-state index is 0.159. The number of carbonyl (C=O) groups excluding carboxylic acids is 5. The van der Waals surface area contributed by atoms with Gasteiger partial charge >= 0.3 is 5.97 Å². The molecule has 0 aliphatic carbocycles. The summed E-state index contributed by atoms with van der Waals surface area (Å²) in [4.78, 5) is 58.7. The molecular weight excluding hydrogens is 428 g/mol. The van der Waals surface area contributed by atoms with Crippen LogP contribution in [-0.4, -0.2) is 36.2 Å². The zero-order chi connectivity index (χ0) is 22.6. The van der Waals surface area contributed by atoms with E-state index in [-0.39, 0.29) is 23.4 Å². The predicted molar refractivity (Wildman–Crippen MR) is 109 cm³/mol. The first-order valence-electron chi connectivity index (χ1n) is 9.00. The zero-order valence-corrected chi connectivity index (χ0v) is 16.9. The van der Waals surface area contributed by atoms with Crippen LogP contribution in [0.3, 0.4) is 0 Å². The van der Waals surface area contributed by atoms with Crippen LogP contribution in [0.4, 0.5) is 0 Å². The molecule has 0 unspecified atom stereocenters. The van der Waals surface area contributed by atoms with E-state index in [1.807, 2.05) is 0 Å². The molecule has 4 N–H and O–H groups in total. The highest BCUT2D eigenvalue weighted by molar-refractivity contribution is 6.33. The van der Waals surface area contributed by atoms with Crippen molar-refractivity contribution in [2.24, 2.45) is 0 Å². The molecule has 0 fully saturated rings. The third kappa shape index (κ3) is 8.15. The number of esters is 1. The van der Waals surface area contributed by atoms with Gasteiger partial charge in [0, 0.05) is 12.0 Å². The lowest BCUT2D eigenvalue weighted by molar-refractivity contribution is -0.149. The largest absolute Gasteiger partial charge is 0.455 e. The summed E-state index contributed by atoms with van der Waals surface area (Å²) in [5.74, 6) is -3.35. The van der Waals surface area contributed by atoms with Crippen molar-refractivity contribution in [1.29, 1.82) is 0 Å². The van der Waals surface area contributed by atoms with Gasteiger partial charge in [-0.15, -0.1) is 0 Å². The molecule has 0 bridgehead atoms. The molecule has 0 radical (unpaired) electrons. The average molecular weight is 447 g/mol. The number of nitrogens with one attached hydrogen (secondary N) is 4. The fourth-order valence-corrected chi connectivity index (χ4v) is 2.38. The van der Waals surface area contributed by atoms with Gasteiger partial charge in [-0.3, -0.25) is 45.7 Å². The molecule has 2 aromatic rings. The maximum atomic E-state index is 11.9. The van der Waals surface area contributed by atoms with Crippen molar-refractivity contribution in [2.45, 2.75) is 12.8 Å². The molecule has 0 aliphatic heterocycles. The average Bonchev–Trinajstić information content (AvgIpc) is 2.79. The molecule has 162 valence electrons. The Bertz CT molecular complexity index is 967. The van der Waals surface area contributed by atoms with Crippen molar-refractivity contribution in [2.75, 3.05) is 6.61 Å². The molecule has 2 aromatic carbocycles. The molecular formula is C20H19ClN4O6. The molecule has 0 heterocycles. The van der Waals surface area contributed by atoms with Crippen molar-refractivity contribution in [3.8, 4) is 0 Å². The molecule has 0 aromatic heterocycles. The van der Waals surface area contributed by atoms with Gasteiger partial charge in [0.05, 0.1) is 17.0 Å². The highest BCUT2D eigenvalue weighted by atomic mass is 35.5. The summed E-state index contributed by atoms with van der Waals surface area (Å²) in [5.41, 5.74) is 9.11.